The normalized spacial score (nSPS) is 11.7. The molecule has 0 spiro atoms. The highest BCUT2D eigenvalue weighted by molar-refractivity contribution is 6.04. The Hall–Kier alpha value is -2.89. The molecule has 2 aromatic rings. The molecule has 0 aliphatic heterocycles. The van der Waals surface area contributed by atoms with E-state index >= 15 is 0 Å². The summed E-state index contributed by atoms with van der Waals surface area (Å²) in [5, 5.41) is 5.34. The van der Waals surface area contributed by atoms with E-state index < -0.39 is 11.5 Å². The van der Waals surface area contributed by atoms with Crippen LogP contribution in [0.15, 0.2) is 39.5 Å². The molecule has 2 N–H and O–H groups in total. The molecule has 6 heteroatoms. The summed E-state index contributed by atoms with van der Waals surface area (Å²) in [7, 11) is 1.60. The highest BCUT2D eigenvalue weighted by Crippen LogP contribution is 2.21. The molecule has 0 saturated heterocycles. The van der Waals surface area contributed by atoms with Crippen molar-refractivity contribution in [2.75, 3.05) is 12.4 Å². The van der Waals surface area contributed by atoms with Crippen LogP contribution < -0.4 is 16.3 Å². The van der Waals surface area contributed by atoms with Gasteiger partial charge in [-0.15, -0.1) is 0 Å². The minimum Gasteiger partial charge on any atom is -0.427 e. The van der Waals surface area contributed by atoms with Gasteiger partial charge in [0.2, 0.25) is 5.91 Å². The molecule has 1 atom stereocenters. The lowest BCUT2D eigenvalue weighted by atomic mass is 10.0. The first-order chi connectivity index (χ1) is 13.3. The Kier molecular flexibility index (Phi) is 7.55. The zero-order chi connectivity index (χ0) is 20.7. The van der Waals surface area contributed by atoms with Gasteiger partial charge in [0.25, 0.3) is 5.91 Å². The number of hydrogen-bond donors (Lipinski definition) is 2. The Morgan fingerprint density at radius 2 is 1.96 bits per heavy atom. The van der Waals surface area contributed by atoms with Crippen LogP contribution in [0.25, 0.3) is 0 Å². The zero-order valence-electron chi connectivity index (χ0n) is 16.9. The van der Waals surface area contributed by atoms with Gasteiger partial charge in [-0.2, -0.15) is 0 Å². The number of amides is 2. The second kappa shape index (κ2) is 9.88. The van der Waals surface area contributed by atoms with Crippen molar-refractivity contribution in [2.24, 2.45) is 0 Å². The third-order valence-corrected chi connectivity index (χ3v) is 4.71. The lowest BCUT2D eigenvalue weighted by molar-refractivity contribution is -0.120. The molecule has 2 rings (SSSR count). The number of aryl methyl sites for hydroxylation is 2. The fraction of sp³-hybridized carbons (Fsp3) is 0.409. The summed E-state index contributed by atoms with van der Waals surface area (Å²) in [4.78, 5) is 36.5. The number of carbonyl (C=O) groups excluding carboxylic acids is 2. The molecule has 28 heavy (non-hydrogen) atoms. The molecular formula is C22H28N2O4. The van der Waals surface area contributed by atoms with E-state index in [4.69, 9.17) is 4.42 Å². The topological polar surface area (TPSA) is 88.4 Å². The summed E-state index contributed by atoms with van der Waals surface area (Å²) in [6.45, 7) is 5.82. The van der Waals surface area contributed by atoms with E-state index in [1.807, 2.05) is 13.0 Å². The van der Waals surface area contributed by atoms with Crippen LogP contribution in [-0.4, -0.2) is 18.9 Å². The SMILES string of the molecule is CCCC(C)c1cc(C)c(C(=O)Nc2cccc(CCC(=O)NC)c2)c(=O)o1. The quantitative estimate of drug-likeness (QED) is 0.725. The number of anilines is 1. The summed E-state index contributed by atoms with van der Waals surface area (Å²) in [6, 6.07) is 9.02. The van der Waals surface area contributed by atoms with Gasteiger partial charge in [0.05, 0.1) is 0 Å². The van der Waals surface area contributed by atoms with Crippen molar-refractivity contribution < 1.29 is 14.0 Å². The smallest absolute Gasteiger partial charge is 0.349 e. The van der Waals surface area contributed by atoms with Crippen LogP contribution in [0.3, 0.4) is 0 Å². The van der Waals surface area contributed by atoms with Crippen molar-refractivity contribution >= 4 is 17.5 Å². The Morgan fingerprint density at radius 1 is 1.21 bits per heavy atom. The first-order valence-electron chi connectivity index (χ1n) is 9.61. The standard InChI is InChI=1S/C22H28N2O4/c1-5-7-14(2)18-12-15(3)20(22(27)28-18)21(26)24-17-9-6-8-16(13-17)10-11-19(25)23-4/h6,8-9,12-14H,5,7,10-11H2,1-4H3,(H,23,25)(H,24,26). The van der Waals surface area contributed by atoms with Crippen molar-refractivity contribution in [1.29, 1.82) is 0 Å². The van der Waals surface area contributed by atoms with Gasteiger partial charge in [-0.25, -0.2) is 4.79 Å². The Balaban J connectivity index is 2.17. The Bertz CT molecular complexity index is 902. The molecular weight excluding hydrogens is 356 g/mol. The molecule has 0 saturated carbocycles. The van der Waals surface area contributed by atoms with E-state index in [1.165, 1.54) is 0 Å². The maximum Gasteiger partial charge on any atom is 0.349 e. The molecule has 1 aromatic heterocycles. The van der Waals surface area contributed by atoms with Gasteiger partial charge in [-0.1, -0.05) is 32.4 Å². The molecule has 150 valence electrons. The number of benzene rings is 1. The average Bonchev–Trinajstić information content (AvgIpc) is 2.66. The van der Waals surface area contributed by atoms with Gasteiger partial charge in [-0.05, 0) is 49.1 Å². The predicted molar refractivity (Wildman–Crippen MR) is 110 cm³/mol. The van der Waals surface area contributed by atoms with Crippen molar-refractivity contribution in [3.8, 4) is 0 Å². The highest BCUT2D eigenvalue weighted by Gasteiger charge is 2.19. The number of hydrogen-bond acceptors (Lipinski definition) is 4. The van der Waals surface area contributed by atoms with Crippen LogP contribution in [0.5, 0.6) is 0 Å². The Morgan fingerprint density at radius 3 is 2.61 bits per heavy atom. The van der Waals surface area contributed by atoms with Crippen molar-refractivity contribution in [3.05, 3.63) is 63.2 Å². The minimum absolute atomic E-state index is 0.0169. The van der Waals surface area contributed by atoms with Crippen LogP contribution in [0.2, 0.25) is 0 Å². The monoisotopic (exact) mass is 384 g/mol. The van der Waals surface area contributed by atoms with Crippen LogP contribution >= 0.6 is 0 Å². The van der Waals surface area contributed by atoms with Gasteiger partial charge >= 0.3 is 5.63 Å². The van der Waals surface area contributed by atoms with Crippen molar-refractivity contribution in [2.45, 2.75) is 52.4 Å². The van der Waals surface area contributed by atoms with E-state index in [1.54, 1.807) is 38.2 Å². The molecule has 6 nitrogen and oxygen atoms in total. The lowest BCUT2D eigenvalue weighted by Gasteiger charge is -2.12. The summed E-state index contributed by atoms with van der Waals surface area (Å²) in [6.07, 6.45) is 2.84. The molecule has 1 aromatic carbocycles. The first kappa shape index (κ1) is 21.4. The molecule has 1 unspecified atom stereocenters. The summed E-state index contributed by atoms with van der Waals surface area (Å²) in [5.41, 5.74) is 1.49. The average molecular weight is 384 g/mol. The number of carbonyl (C=O) groups is 2. The van der Waals surface area contributed by atoms with E-state index in [0.29, 0.717) is 29.9 Å². The lowest BCUT2D eigenvalue weighted by Crippen LogP contribution is -2.23. The third kappa shape index (κ3) is 5.55. The second-order valence-electron chi connectivity index (χ2n) is 7.01. The highest BCUT2D eigenvalue weighted by atomic mass is 16.4. The third-order valence-electron chi connectivity index (χ3n) is 4.71. The van der Waals surface area contributed by atoms with Gasteiger partial charge in [0.15, 0.2) is 0 Å². The minimum atomic E-state index is -0.619. The number of rotatable bonds is 8. The van der Waals surface area contributed by atoms with E-state index in [0.717, 1.165) is 18.4 Å². The maximum atomic E-state index is 12.7. The predicted octanol–water partition coefficient (Wildman–Crippen LogP) is 3.78. The molecule has 0 bridgehead atoms. The largest absolute Gasteiger partial charge is 0.427 e. The molecule has 1 heterocycles. The molecule has 0 fully saturated rings. The van der Waals surface area contributed by atoms with Crippen molar-refractivity contribution in [1.82, 2.24) is 5.32 Å². The van der Waals surface area contributed by atoms with Gasteiger partial charge in [0.1, 0.15) is 11.3 Å². The van der Waals surface area contributed by atoms with E-state index in [9.17, 15) is 14.4 Å². The fourth-order valence-corrected chi connectivity index (χ4v) is 3.11. The summed E-state index contributed by atoms with van der Waals surface area (Å²) < 4.78 is 5.40. The molecule has 0 aliphatic rings. The van der Waals surface area contributed by atoms with Crippen LogP contribution in [0.1, 0.15) is 66.3 Å². The van der Waals surface area contributed by atoms with E-state index in [2.05, 4.69) is 17.6 Å². The number of nitrogens with one attached hydrogen (secondary N) is 2. The van der Waals surface area contributed by atoms with Crippen LogP contribution in [0.4, 0.5) is 5.69 Å². The second-order valence-corrected chi connectivity index (χ2v) is 7.01. The maximum absolute atomic E-state index is 12.7. The zero-order valence-corrected chi connectivity index (χ0v) is 16.9. The van der Waals surface area contributed by atoms with Crippen LogP contribution in [-0.2, 0) is 11.2 Å². The molecule has 0 aliphatic carbocycles. The molecule has 0 radical (unpaired) electrons. The van der Waals surface area contributed by atoms with Crippen LogP contribution in [0, 0.1) is 6.92 Å². The first-order valence-corrected chi connectivity index (χ1v) is 9.61. The molecule has 2 amide bonds. The fourth-order valence-electron chi connectivity index (χ4n) is 3.11. The summed E-state index contributed by atoms with van der Waals surface area (Å²) >= 11 is 0. The Labute approximate surface area is 165 Å². The van der Waals surface area contributed by atoms with Crippen molar-refractivity contribution in [3.63, 3.8) is 0 Å². The van der Waals surface area contributed by atoms with Gasteiger partial charge in [-0.3, -0.25) is 9.59 Å². The van der Waals surface area contributed by atoms with E-state index in [-0.39, 0.29) is 17.4 Å². The van der Waals surface area contributed by atoms with Gasteiger partial charge < -0.3 is 15.1 Å². The van der Waals surface area contributed by atoms with Gasteiger partial charge in [0, 0.05) is 25.1 Å². The summed E-state index contributed by atoms with van der Waals surface area (Å²) in [5.74, 6) is 0.201.